The van der Waals surface area contributed by atoms with Gasteiger partial charge in [-0.1, -0.05) is 0 Å². The van der Waals surface area contributed by atoms with Crippen LogP contribution in [0, 0.1) is 6.92 Å². The van der Waals surface area contributed by atoms with Gasteiger partial charge in [-0.2, -0.15) is 0 Å². The van der Waals surface area contributed by atoms with Crippen LogP contribution >= 0.6 is 15.9 Å². The number of nitrogens with one attached hydrogen (secondary N) is 1. The van der Waals surface area contributed by atoms with Crippen LogP contribution in [0.1, 0.15) is 25.3 Å². The molecule has 112 valence electrons. The van der Waals surface area contributed by atoms with E-state index < -0.39 is 15.6 Å². The van der Waals surface area contributed by atoms with Crippen molar-refractivity contribution in [2.75, 3.05) is 18.9 Å². The Hall–Kier alpha value is -0.630. The van der Waals surface area contributed by atoms with Crippen LogP contribution in [0.25, 0.3) is 0 Å². The van der Waals surface area contributed by atoms with Crippen LogP contribution in [-0.2, 0) is 14.8 Å². The van der Waals surface area contributed by atoms with Crippen molar-refractivity contribution in [3.63, 3.8) is 0 Å². The zero-order chi connectivity index (χ0) is 15.0. The first-order valence-electron chi connectivity index (χ1n) is 6.43. The third-order valence-electron chi connectivity index (χ3n) is 3.52. The smallest absolute Gasteiger partial charge is 0.241 e. The lowest BCUT2D eigenvalue weighted by Crippen LogP contribution is -2.40. The number of nitrogen functional groups attached to an aromatic ring is 1. The maximum absolute atomic E-state index is 12.4. The lowest BCUT2D eigenvalue weighted by molar-refractivity contribution is 0.0250. The molecule has 0 aromatic heterocycles. The van der Waals surface area contributed by atoms with Crippen molar-refractivity contribution < 1.29 is 13.2 Å². The summed E-state index contributed by atoms with van der Waals surface area (Å²) >= 11 is 3.29. The Bertz CT molecular complexity index is 610. The monoisotopic (exact) mass is 362 g/mol. The molecule has 1 atom stereocenters. The third kappa shape index (κ3) is 3.33. The van der Waals surface area contributed by atoms with Gasteiger partial charge in [-0.15, -0.1) is 0 Å². The molecule has 0 bridgehead atoms. The standard InChI is InChI=1S/C13H19BrN2O3S/c1-9-6-10(14)11(15)7-12(9)20(17,18)16-8-13(2)4-3-5-19-13/h6-7,16H,3-5,8,15H2,1-2H3. The fourth-order valence-corrected chi connectivity index (χ4v) is 4.13. The Morgan fingerprint density at radius 1 is 1.50 bits per heavy atom. The number of hydrogen-bond acceptors (Lipinski definition) is 4. The van der Waals surface area contributed by atoms with Crippen LogP contribution in [0.2, 0.25) is 0 Å². The molecule has 3 N–H and O–H groups in total. The zero-order valence-electron chi connectivity index (χ0n) is 11.6. The number of sulfonamides is 1. The maximum atomic E-state index is 12.4. The van der Waals surface area contributed by atoms with Gasteiger partial charge >= 0.3 is 0 Å². The van der Waals surface area contributed by atoms with Gasteiger partial charge in [0.2, 0.25) is 10.0 Å². The van der Waals surface area contributed by atoms with Crippen LogP contribution in [0.3, 0.4) is 0 Å². The molecule has 1 heterocycles. The lowest BCUT2D eigenvalue weighted by atomic mass is 10.0. The van der Waals surface area contributed by atoms with E-state index >= 15 is 0 Å². The molecule has 1 aromatic carbocycles. The predicted molar refractivity (Wildman–Crippen MR) is 82.1 cm³/mol. The Kier molecular flexibility index (Phi) is 4.44. The number of anilines is 1. The summed E-state index contributed by atoms with van der Waals surface area (Å²) in [5.41, 5.74) is 6.40. The quantitative estimate of drug-likeness (QED) is 0.804. The van der Waals surface area contributed by atoms with Crippen LogP contribution < -0.4 is 10.5 Å². The Morgan fingerprint density at radius 3 is 2.80 bits per heavy atom. The Labute approximate surface area is 128 Å². The molecule has 1 aromatic rings. The van der Waals surface area contributed by atoms with E-state index in [0.29, 0.717) is 22.3 Å². The summed E-state index contributed by atoms with van der Waals surface area (Å²) < 4.78 is 33.7. The molecule has 0 amide bonds. The van der Waals surface area contributed by atoms with Gasteiger partial charge in [0.15, 0.2) is 0 Å². The van der Waals surface area contributed by atoms with E-state index in [0.717, 1.165) is 12.8 Å². The second kappa shape index (κ2) is 5.63. The minimum absolute atomic E-state index is 0.208. The van der Waals surface area contributed by atoms with Crippen molar-refractivity contribution in [1.29, 1.82) is 0 Å². The summed E-state index contributed by atoms with van der Waals surface area (Å²) in [6.45, 7) is 4.62. The van der Waals surface area contributed by atoms with Crippen molar-refractivity contribution in [2.45, 2.75) is 37.2 Å². The summed E-state index contributed by atoms with van der Waals surface area (Å²) in [6, 6.07) is 3.18. The molecule has 0 radical (unpaired) electrons. The van der Waals surface area contributed by atoms with Crippen LogP contribution in [-0.4, -0.2) is 27.2 Å². The SMILES string of the molecule is Cc1cc(Br)c(N)cc1S(=O)(=O)NCC1(C)CCCO1. The van der Waals surface area contributed by atoms with Gasteiger partial charge in [-0.25, -0.2) is 13.1 Å². The van der Waals surface area contributed by atoms with Crippen molar-refractivity contribution in [1.82, 2.24) is 4.72 Å². The Morgan fingerprint density at radius 2 is 2.20 bits per heavy atom. The summed E-state index contributed by atoms with van der Waals surface area (Å²) in [4.78, 5) is 0.208. The van der Waals surface area contributed by atoms with E-state index in [1.807, 2.05) is 6.92 Å². The van der Waals surface area contributed by atoms with Crippen LogP contribution in [0.4, 0.5) is 5.69 Å². The Balaban J connectivity index is 2.20. The first kappa shape index (κ1) is 15.8. The van der Waals surface area contributed by atoms with E-state index in [-0.39, 0.29) is 11.4 Å². The van der Waals surface area contributed by atoms with Crippen molar-refractivity contribution >= 4 is 31.6 Å². The van der Waals surface area contributed by atoms with Gasteiger partial charge in [0, 0.05) is 23.3 Å². The highest BCUT2D eigenvalue weighted by atomic mass is 79.9. The summed E-state index contributed by atoms with van der Waals surface area (Å²) in [7, 11) is -3.59. The summed E-state index contributed by atoms with van der Waals surface area (Å²) in [5.74, 6) is 0. The minimum atomic E-state index is -3.59. The topological polar surface area (TPSA) is 81.4 Å². The van der Waals surface area contributed by atoms with Gasteiger partial charge < -0.3 is 10.5 Å². The normalized spacial score (nSPS) is 23.1. The van der Waals surface area contributed by atoms with Crippen molar-refractivity contribution in [3.8, 4) is 0 Å². The van der Waals surface area contributed by atoms with Crippen molar-refractivity contribution in [3.05, 3.63) is 22.2 Å². The number of ether oxygens (including phenoxy) is 1. The molecule has 1 aliphatic heterocycles. The molecule has 1 fully saturated rings. The molecule has 0 aliphatic carbocycles. The molecule has 0 spiro atoms. The van der Waals surface area contributed by atoms with Gasteiger partial charge in [0.05, 0.1) is 10.5 Å². The zero-order valence-corrected chi connectivity index (χ0v) is 14.0. The molecule has 1 saturated heterocycles. The average molecular weight is 363 g/mol. The first-order chi connectivity index (χ1) is 9.23. The molecule has 7 heteroatoms. The first-order valence-corrected chi connectivity index (χ1v) is 8.70. The van der Waals surface area contributed by atoms with E-state index in [9.17, 15) is 8.42 Å². The van der Waals surface area contributed by atoms with Crippen LogP contribution in [0.5, 0.6) is 0 Å². The number of aryl methyl sites for hydroxylation is 1. The number of hydrogen-bond donors (Lipinski definition) is 2. The average Bonchev–Trinajstić information content (AvgIpc) is 2.79. The molecule has 2 rings (SSSR count). The highest BCUT2D eigenvalue weighted by Gasteiger charge is 2.31. The number of halogens is 1. The predicted octanol–water partition coefficient (Wildman–Crippen LogP) is 2.19. The van der Waals surface area contributed by atoms with E-state index in [1.165, 1.54) is 6.07 Å². The molecule has 20 heavy (non-hydrogen) atoms. The second-order valence-electron chi connectivity index (χ2n) is 5.37. The highest BCUT2D eigenvalue weighted by molar-refractivity contribution is 9.10. The van der Waals surface area contributed by atoms with Crippen molar-refractivity contribution in [2.24, 2.45) is 0 Å². The third-order valence-corrected chi connectivity index (χ3v) is 5.75. The molecule has 0 saturated carbocycles. The molecular weight excluding hydrogens is 344 g/mol. The summed E-state index contributed by atoms with van der Waals surface area (Å²) in [5, 5.41) is 0. The number of benzene rings is 1. The molecular formula is C13H19BrN2O3S. The molecule has 1 unspecified atom stereocenters. The summed E-state index contributed by atoms with van der Waals surface area (Å²) in [6.07, 6.45) is 1.82. The van der Waals surface area contributed by atoms with E-state index in [2.05, 4.69) is 20.7 Å². The van der Waals surface area contributed by atoms with Crippen LogP contribution in [0.15, 0.2) is 21.5 Å². The molecule has 5 nitrogen and oxygen atoms in total. The fourth-order valence-electron chi connectivity index (χ4n) is 2.26. The fraction of sp³-hybridized carbons (Fsp3) is 0.538. The van der Waals surface area contributed by atoms with E-state index in [4.69, 9.17) is 10.5 Å². The maximum Gasteiger partial charge on any atom is 0.241 e. The van der Waals surface area contributed by atoms with Gasteiger partial charge in [-0.05, 0) is 60.3 Å². The van der Waals surface area contributed by atoms with Gasteiger partial charge in [0.25, 0.3) is 0 Å². The second-order valence-corrected chi connectivity index (χ2v) is 7.96. The largest absolute Gasteiger partial charge is 0.398 e. The minimum Gasteiger partial charge on any atom is -0.398 e. The highest BCUT2D eigenvalue weighted by Crippen LogP contribution is 2.28. The lowest BCUT2D eigenvalue weighted by Gasteiger charge is -2.23. The van der Waals surface area contributed by atoms with Gasteiger partial charge in [-0.3, -0.25) is 0 Å². The van der Waals surface area contributed by atoms with Gasteiger partial charge in [0.1, 0.15) is 0 Å². The number of nitrogens with two attached hydrogens (primary N) is 1. The molecule has 1 aliphatic rings. The van der Waals surface area contributed by atoms with E-state index in [1.54, 1.807) is 13.0 Å². The number of rotatable bonds is 4.